The molecule has 0 radical (unpaired) electrons. The highest BCUT2D eigenvalue weighted by Gasteiger charge is 2.46. The molecule has 0 fully saturated rings. The van der Waals surface area contributed by atoms with E-state index in [9.17, 15) is 44.3 Å². The van der Waals surface area contributed by atoms with Gasteiger partial charge < -0.3 is 10.4 Å². The van der Waals surface area contributed by atoms with E-state index in [2.05, 4.69) is 10.0 Å². The fourth-order valence-corrected chi connectivity index (χ4v) is 6.32. The second-order valence-corrected chi connectivity index (χ2v) is 12.3. The molecule has 0 unspecified atom stereocenters. The van der Waals surface area contributed by atoms with Crippen molar-refractivity contribution < 1.29 is 49.5 Å². The maximum absolute atomic E-state index is 14.3. The van der Waals surface area contributed by atoms with Crippen LogP contribution in [0.3, 0.4) is 0 Å². The molecular weight excluding hydrogens is 658 g/mol. The number of hydrogen-bond donors (Lipinski definition) is 3. The van der Waals surface area contributed by atoms with Crippen molar-refractivity contribution >= 4 is 51.1 Å². The SMILES string of the molecule is O=C(O)Cc1ccc(NC(=O)/C=C/c2ccc(Sc3cccc(NS(=O)(=O)c4ccccc4)c3)c(C(F)(F)F)c2C(F)(F)F)cc1. The van der Waals surface area contributed by atoms with Gasteiger partial charge in [-0.2, -0.15) is 26.3 Å². The molecule has 0 spiro atoms. The first-order valence-electron chi connectivity index (χ1n) is 13.0. The van der Waals surface area contributed by atoms with E-state index in [1.807, 2.05) is 0 Å². The van der Waals surface area contributed by atoms with Gasteiger partial charge in [-0.05, 0) is 65.7 Å². The fourth-order valence-electron chi connectivity index (χ4n) is 4.20. The summed E-state index contributed by atoms with van der Waals surface area (Å²) in [5.41, 5.74) is -4.32. The number of nitrogens with one attached hydrogen (secondary N) is 2. The van der Waals surface area contributed by atoms with Crippen molar-refractivity contribution in [2.24, 2.45) is 0 Å². The summed E-state index contributed by atoms with van der Waals surface area (Å²) in [7, 11) is -4.06. The van der Waals surface area contributed by atoms with Gasteiger partial charge in [0.1, 0.15) is 0 Å². The van der Waals surface area contributed by atoms with Crippen molar-refractivity contribution in [1.29, 1.82) is 0 Å². The number of alkyl halides is 6. The number of carbonyl (C=O) groups is 2. The van der Waals surface area contributed by atoms with Gasteiger partial charge in [-0.1, -0.05) is 54.2 Å². The highest BCUT2D eigenvalue weighted by Crippen LogP contribution is 2.48. The number of halogens is 6. The summed E-state index contributed by atoms with van der Waals surface area (Å²) in [6, 6.07) is 19.6. The number of amides is 1. The van der Waals surface area contributed by atoms with E-state index in [-0.39, 0.29) is 27.6 Å². The number of carboxylic acid groups (broad SMARTS) is 1. The molecule has 0 heterocycles. The molecule has 0 aliphatic rings. The van der Waals surface area contributed by atoms with Crippen LogP contribution in [0.1, 0.15) is 22.3 Å². The Morgan fingerprint density at radius 1 is 0.783 bits per heavy atom. The van der Waals surface area contributed by atoms with Crippen LogP contribution in [0.25, 0.3) is 6.08 Å². The third-order valence-corrected chi connectivity index (χ3v) is 8.57. The van der Waals surface area contributed by atoms with Gasteiger partial charge in [0.25, 0.3) is 10.0 Å². The molecular formula is C31H22F6N2O5S2. The molecule has 4 aromatic rings. The molecule has 7 nitrogen and oxygen atoms in total. The van der Waals surface area contributed by atoms with E-state index in [1.54, 1.807) is 6.07 Å². The molecule has 0 aliphatic heterocycles. The molecule has 240 valence electrons. The smallest absolute Gasteiger partial charge is 0.418 e. The molecule has 4 rings (SSSR count). The van der Waals surface area contributed by atoms with Gasteiger partial charge in [-0.3, -0.25) is 14.3 Å². The Morgan fingerprint density at radius 3 is 2.04 bits per heavy atom. The minimum absolute atomic E-state index is 0.0175. The maximum atomic E-state index is 14.3. The fraction of sp³-hybridized carbons (Fsp3) is 0.0968. The van der Waals surface area contributed by atoms with Crippen LogP contribution in [0, 0.1) is 0 Å². The number of benzene rings is 4. The number of carbonyl (C=O) groups excluding carboxylic acids is 1. The standard InChI is InChI=1S/C31H22F6N2O5S2/c32-30(33,34)28-20(12-16-26(40)38-21-13-9-19(10-14-21)17-27(41)42)11-15-25(29(28)31(35,36)37)45-23-6-4-5-22(18-23)39-46(43,44)24-7-2-1-3-8-24/h1-16,18,39H,17H2,(H,38,40)(H,41,42)/b16-12+. The quantitative estimate of drug-likeness (QED) is 0.116. The van der Waals surface area contributed by atoms with Gasteiger partial charge in [0, 0.05) is 27.2 Å². The predicted molar refractivity (Wildman–Crippen MR) is 160 cm³/mol. The van der Waals surface area contributed by atoms with E-state index in [1.165, 1.54) is 72.8 Å². The van der Waals surface area contributed by atoms with Gasteiger partial charge >= 0.3 is 18.3 Å². The lowest BCUT2D eigenvalue weighted by Gasteiger charge is -2.21. The first-order chi connectivity index (χ1) is 21.5. The van der Waals surface area contributed by atoms with E-state index >= 15 is 0 Å². The highest BCUT2D eigenvalue weighted by molar-refractivity contribution is 7.99. The normalized spacial score (nSPS) is 12.2. The number of hydrogen-bond acceptors (Lipinski definition) is 5. The molecule has 4 aromatic carbocycles. The van der Waals surface area contributed by atoms with Crippen LogP contribution >= 0.6 is 11.8 Å². The topological polar surface area (TPSA) is 113 Å². The van der Waals surface area contributed by atoms with Crippen LogP contribution in [0.15, 0.2) is 112 Å². The van der Waals surface area contributed by atoms with Crippen molar-refractivity contribution in [2.75, 3.05) is 10.0 Å². The monoisotopic (exact) mass is 680 g/mol. The zero-order valence-corrected chi connectivity index (χ0v) is 24.8. The van der Waals surface area contributed by atoms with E-state index in [0.29, 0.717) is 29.5 Å². The van der Waals surface area contributed by atoms with Crippen LogP contribution < -0.4 is 10.0 Å². The Labute approximate surface area is 263 Å². The second-order valence-electron chi connectivity index (χ2n) is 9.54. The van der Waals surface area contributed by atoms with Gasteiger partial charge in [-0.25, -0.2) is 8.42 Å². The Kier molecular flexibility index (Phi) is 10.2. The maximum Gasteiger partial charge on any atom is 0.418 e. The van der Waals surface area contributed by atoms with Crippen molar-refractivity contribution in [1.82, 2.24) is 0 Å². The summed E-state index contributed by atoms with van der Waals surface area (Å²) in [6.07, 6.45) is -9.97. The van der Waals surface area contributed by atoms with Gasteiger partial charge in [0.15, 0.2) is 0 Å². The largest absolute Gasteiger partial charge is 0.481 e. The van der Waals surface area contributed by atoms with Crippen LogP contribution in [-0.4, -0.2) is 25.4 Å². The molecule has 0 saturated carbocycles. The first kappa shape index (κ1) is 34.1. The van der Waals surface area contributed by atoms with Crippen molar-refractivity contribution in [3.63, 3.8) is 0 Å². The Hall–Kier alpha value is -4.76. The Bertz CT molecular complexity index is 1880. The average molecular weight is 681 g/mol. The molecule has 0 aliphatic carbocycles. The summed E-state index contributed by atoms with van der Waals surface area (Å²) >= 11 is 0.352. The first-order valence-corrected chi connectivity index (χ1v) is 15.3. The third kappa shape index (κ3) is 8.91. The zero-order valence-electron chi connectivity index (χ0n) is 23.2. The molecule has 15 heteroatoms. The van der Waals surface area contributed by atoms with Crippen molar-refractivity contribution in [2.45, 2.75) is 33.5 Å². The molecule has 0 saturated heterocycles. The van der Waals surface area contributed by atoms with Gasteiger partial charge in [0.2, 0.25) is 5.91 Å². The minimum atomic E-state index is -5.48. The van der Waals surface area contributed by atoms with E-state index in [4.69, 9.17) is 5.11 Å². The lowest BCUT2D eigenvalue weighted by molar-refractivity contribution is -0.163. The van der Waals surface area contributed by atoms with Crippen LogP contribution in [-0.2, 0) is 38.4 Å². The summed E-state index contributed by atoms with van der Waals surface area (Å²) in [4.78, 5) is 22.3. The molecule has 3 N–H and O–H groups in total. The van der Waals surface area contributed by atoms with Crippen LogP contribution in [0.5, 0.6) is 0 Å². The van der Waals surface area contributed by atoms with Crippen LogP contribution in [0.4, 0.5) is 37.7 Å². The molecule has 0 atom stereocenters. The zero-order chi connectivity index (χ0) is 33.7. The number of anilines is 2. The van der Waals surface area contributed by atoms with Crippen molar-refractivity contribution in [3.8, 4) is 0 Å². The average Bonchev–Trinajstić information content (AvgIpc) is 2.96. The number of aliphatic carboxylic acids is 1. The summed E-state index contributed by atoms with van der Waals surface area (Å²) < 4.78 is 113. The Morgan fingerprint density at radius 2 is 1.43 bits per heavy atom. The second kappa shape index (κ2) is 13.7. The lowest BCUT2D eigenvalue weighted by atomic mass is 9.99. The number of carboxylic acids is 1. The highest BCUT2D eigenvalue weighted by atomic mass is 32.2. The molecule has 1 amide bonds. The minimum Gasteiger partial charge on any atom is -0.481 e. The number of sulfonamides is 1. The van der Waals surface area contributed by atoms with E-state index < -0.39 is 55.8 Å². The molecule has 0 aromatic heterocycles. The van der Waals surface area contributed by atoms with Crippen molar-refractivity contribution in [3.05, 3.63) is 119 Å². The summed E-state index contributed by atoms with van der Waals surface area (Å²) in [5.74, 6) is -2.02. The molecule has 46 heavy (non-hydrogen) atoms. The van der Waals surface area contributed by atoms with Crippen LogP contribution in [0.2, 0.25) is 0 Å². The molecule has 0 bridgehead atoms. The van der Waals surface area contributed by atoms with E-state index in [0.717, 1.165) is 12.1 Å². The summed E-state index contributed by atoms with van der Waals surface area (Å²) in [6.45, 7) is 0. The lowest BCUT2D eigenvalue weighted by Crippen LogP contribution is -2.19. The van der Waals surface area contributed by atoms with Gasteiger partial charge in [0.05, 0.1) is 22.4 Å². The number of rotatable bonds is 10. The van der Waals surface area contributed by atoms with Gasteiger partial charge in [-0.15, -0.1) is 0 Å². The third-order valence-electron chi connectivity index (χ3n) is 6.12. The predicted octanol–water partition coefficient (Wildman–Crippen LogP) is 7.96. The summed E-state index contributed by atoms with van der Waals surface area (Å²) in [5, 5.41) is 11.2. The Balaban J connectivity index is 1.63.